The van der Waals surface area contributed by atoms with Gasteiger partial charge in [-0.2, -0.15) is 0 Å². The van der Waals surface area contributed by atoms with Crippen LogP contribution in [0.3, 0.4) is 0 Å². The number of carbonyl (C=O) groups is 1. The summed E-state index contributed by atoms with van der Waals surface area (Å²) in [5, 5.41) is 3.30. The van der Waals surface area contributed by atoms with E-state index in [1.165, 1.54) is 24.8 Å². The highest BCUT2D eigenvalue weighted by Crippen LogP contribution is 2.65. The highest BCUT2D eigenvalue weighted by Gasteiger charge is 2.60. The smallest absolute Gasteiger partial charge is 0.226 e. The molecule has 0 saturated heterocycles. The molecule has 4 bridgehead atoms. The van der Waals surface area contributed by atoms with Crippen LogP contribution < -0.4 is 5.32 Å². The lowest BCUT2D eigenvalue weighted by Crippen LogP contribution is -2.59. The highest BCUT2D eigenvalue weighted by molar-refractivity contribution is 5.83. The van der Waals surface area contributed by atoms with Crippen molar-refractivity contribution < 1.29 is 4.79 Å². The van der Waals surface area contributed by atoms with Crippen molar-refractivity contribution in [3.8, 4) is 0 Å². The second kappa shape index (κ2) is 5.89. The number of benzene rings is 1. The molecule has 24 heavy (non-hydrogen) atoms. The van der Waals surface area contributed by atoms with E-state index in [0.717, 1.165) is 44.1 Å². The molecule has 130 valence electrons. The summed E-state index contributed by atoms with van der Waals surface area (Å²) in [5.74, 6) is 2.51. The third kappa shape index (κ3) is 2.68. The minimum absolute atomic E-state index is 0.0864. The van der Waals surface area contributed by atoms with E-state index in [0.29, 0.717) is 11.8 Å². The zero-order valence-corrected chi connectivity index (χ0v) is 15.2. The molecule has 1 amide bonds. The van der Waals surface area contributed by atoms with E-state index in [4.69, 9.17) is 0 Å². The average Bonchev–Trinajstić information content (AvgIpc) is 2.54. The van der Waals surface area contributed by atoms with Gasteiger partial charge in [0.15, 0.2) is 0 Å². The fraction of sp³-hybridized carbons (Fsp3) is 0.682. The lowest BCUT2D eigenvalue weighted by Gasteiger charge is -2.61. The third-order valence-electron chi connectivity index (χ3n) is 6.94. The topological polar surface area (TPSA) is 29.1 Å². The van der Waals surface area contributed by atoms with Gasteiger partial charge in [0.2, 0.25) is 5.91 Å². The van der Waals surface area contributed by atoms with E-state index in [9.17, 15) is 4.79 Å². The summed E-state index contributed by atoms with van der Waals surface area (Å²) >= 11 is 0. The molecule has 2 nitrogen and oxygen atoms in total. The van der Waals surface area contributed by atoms with Gasteiger partial charge in [0.1, 0.15) is 0 Å². The fourth-order valence-electron chi connectivity index (χ4n) is 6.32. The van der Waals surface area contributed by atoms with Crippen molar-refractivity contribution in [2.24, 2.45) is 23.2 Å². The van der Waals surface area contributed by atoms with Crippen molar-refractivity contribution in [3.63, 3.8) is 0 Å². The molecule has 0 spiro atoms. The van der Waals surface area contributed by atoms with Gasteiger partial charge in [-0.3, -0.25) is 4.79 Å². The van der Waals surface area contributed by atoms with Crippen LogP contribution in [-0.2, 0) is 10.2 Å². The zero-order valence-electron chi connectivity index (χ0n) is 15.2. The second-order valence-electron chi connectivity index (χ2n) is 9.33. The molecule has 1 aromatic carbocycles. The first-order valence-electron chi connectivity index (χ1n) is 9.85. The van der Waals surface area contributed by atoms with E-state index in [1.807, 2.05) is 0 Å². The van der Waals surface area contributed by atoms with Crippen LogP contribution in [0.15, 0.2) is 30.3 Å². The molecule has 2 heteroatoms. The zero-order chi connectivity index (χ0) is 16.8. The number of hydrogen-bond donors (Lipinski definition) is 1. The van der Waals surface area contributed by atoms with Crippen molar-refractivity contribution in [1.82, 2.24) is 5.32 Å². The van der Waals surface area contributed by atoms with Gasteiger partial charge in [0.25, 0.3) is 0 Å². The average molecular weight is 325 g/mol. The number of amides is 1. The van der Waals surface area contributed by atoms with Crippen LogP contribution in [0.2, 0.25) is 0 Å². The lowest BCUT2D eigenvalue weighted by atomic mass is 9.42. The molecule has 0 aromatic heterocycles. The molecule has 4 fully saturated rings. The molecule has 1 N–H and O–H groups in total. The molecule has 0 aliphatic heterocycles. The Kier molecular flexibility index (Phi) is 3.97. The predicted molar refractivity (Wildman–Crippen MR) is 97.7 cm³/mol. The van der Waals surface area contributed by atoms with E-state index in [2.05, 4.69) is 49.5 Å². The van der Waals surface area contributed by atoms with Crippen LogP contribution in [0.4, 0.5) is 0 Å². The van der Waals surface area contributed by atoms with Crippen LogP contribution in [0, 0.1) is 23.2 Å². The van der Waals surface area contributed by atoms with Gasteiger partial charge in [-0.25, -0.2) is 0 Å². The lowest BCUT2D eigenvalue weighted by molar-refractivity contribution is -0.149. The van der Waals surface area contributed by atoms with Gasteiger partial charge in [-0.1, -0.05) is 44.2 Å². The predicted octanol–water partition coefficient (Wildman–Crippen LogP) is 4.69. The summed E-state index contributed by atoms with van der Waals surface area (Å²) < 4.78 is 0. The second-order valence-corrected chi connectivity index (χ2v) is 9.33. The maximum atomic E-state index is 13.1. The Morgan fingerprint density at radius 3 is 2.42 bits per heavy atom. The third-order valence-corrected chi connectivity index (χ3v) is 6.94. The molecular formula is C22H31NO. The first-order chi connectivity index (χ1) is 11.5. The molecule has 4 aliphatic carbocycles. The minimum atomic E-state index is -0.0864. The molecule has 0 radical (unpaired) electrons. The summed E-state index contributed by atoms with van der Waals surface area (Å²) in [7, 11) is 0. The van der Waals surface area contributed by atoms with E-state index >= 15 is 0 Å². The first kappa shape index (κ1) is 16.2. The monoisotopic (exact) mass is 325 g/mol. The molecule has 1 aromatic rings. The molecular weight excluding hydrogens is 294 g/mol. The van der Waals surface area contributed by atoms with Crippen molar-refractivity contribution in [3.05, 3.63) is 35.9 Å². The Balaban J connectivity index is 1.58. The van der Waals surface area contributed by atoms with Gasteiger partial charge in [-0.15, -0.1) is 0 Å². The van der Waals surface area contributed by atoms with Gasteiger partial charge >= 0.3 is 0 Å². The summed E-state index contributed by atoms with van der Waals surface area (Å²) in [4.78, 5) is 13.1. The Morgan fingerprint density at radius 2 is 1.79 bits per heavy atom. The van der Waals surface area contributed by atoms with Gasteiger partial charge in [-0.05, 0) is 73.7 Å². The maximum Gasteiger partial charge on any atom is 0.226 e. The summed E-state index contributed by atoms with van der Waals surface area (Å²) in [6, 6.07) is 11.1. The standard InChI is InChI=1S/C22H31NO/c1-16(2)8-9-23-20(24)22-13-17-10-18(14-22)12-21(11-17,15-22)19-6-4-3-5-7-19/h3-7,16-18H,8-15H2,1-2H3,(H,23,24)/t17-,18+,21?,22?. The number of nitrogens with one attached hydrogen (secondary N) is 1. The largest absolute Gasteiger partial charge is 0.356 e. The molecule has 4 aliphatic rings. The molecule has 4 saturated carbocycles. The van der Waals surface area contributed by atoms with E-state index in [-0.39, 0.29) is 10.8 Å². The van der Waals surface area contributed by atoms with E-state index in [1.54, 1.807) is 0 Å². The first-order valence-corrected chi connectivity index (χ1v) is 9.85. The van der Waals surface area contributed by atoms with E-state index < -0.39 is 0 Å². The summed E-state index contributed by atoms with van der Waals surface area (Å²) in [5.41, 5.74) is 1.66. The Labute approximate surface area is 146 Å². The summed E-state index contributed by atoms with van der Waals surface area (Å²) in [6.45, 7) is 5.29. The quantitative estimate of drug-likeness (QED) is 0.836. The van der Waals surface area contributed by atoms with Crippen LogP contribution in [0.1, 0.15) is 64.4 Å². The minimum Gasteiger partial charge on any atom is -0.356 e. The molecule has 2 unspecified atom stereocenters. The van der Waals surface area contributed by atoms with Crippen molar-refractivity contribution in [2.45, 2.75) is 64.2 Å². The summed E-state index contributed by atoms with van der Waals surface area (Å²) in [6.07, 6.45) is 8.37. The Hall–Kier alpha value is -1.31. The van der Waals surface area contributed by atoms with Crippen LogP contribution in [0.25, 0.3) is 0 Å². The van der Waals surface area contributed by atoms with Crippen molar-refractivity contribution in [2.75, 3.05) is 6.54 Å². The van der Waals surface area contributed by atoms with Crippen LogP contribution >= 0.6 is 0 Å². The van der Waals surface area contributed by atoms with Gasteiger partial charge in [0.05, 0.1) is 5.41 Å². The number of carbonyl (C=O) groups excluding carboxylic acids is 1. The SMILES string of the molecule is CC(C)CCNC(=O)C12C[C@H]3C[C@@H](C1)CC(c1ccccc1)(C3)C2. The van der Waals surface area contributed by atoms with Gasteiger partial charge < -0.3 is 5.32 Å². The normalized spacial score (nSPS) is 37.0. The number of hydrogen-bond acceptors (Lipinski definition) is 1. The molecule has 0 heterocycles. The molecule has 5 rings (SSSR count). The van der Waals surface area contributed by atoms with Gasteiger partial charge in [0, 0.05) is 6.54 Å². The highest BCUT2D eigenvalue weighted by atomic mass is 16.2. The Morgan fingerprint density at radius 1 is 1.12 bits per heavy atom. The Bertz CT molecular complexity index is 592. The van der Waals surface area contributed by atoms with Crippen molar-refractivity contribution in [1.29, 1.82) is 0 Å². The molecule has 4 atom stereocenters. The van der Waals surface area contributed by atoms with Crippen LogP contribution in [0.5, 0.6) is 0 Å². The maximum absolute atomic E-state index is 13.1. The van der Waals surface area contributed by atoms with Crippen LogP contribution in [-0.4, -0.2) is 12.5 Å². The fourth-order valence-corrected chi connectivity index (χ4v) is 6.32. The van der Waals surface area contributed by atoms with Crippen molar-refractivity contribution >= 4 is 5.91 Å². The number of rotatable bonds is 5.